The number of nitrogens with one attached hydrogen (secondary N) is 1. The highest BCUT2D eigenvalue weighted by atomic mass is 35.5. The first-order valence-corrected chi connectivity index (χ1v) is 6.98. The van der Waals surface area contributed by atoms with Crippen LogP contribution < -0.4 is 10.1 Å². The fraction of sp³-hybridized carbons (Fsp3) is 0.600. The maximum Gasteiger partial charge on any atom is 0.139 e. The van der Waals surface area contributed by atoms with E-state index in [1.165, 1.54) is 25.7 Å². The first-order chi connectivity index (χ1) is 8.50. The molecular weight excluding hydrogens is 246 g/mol. The van der Waals surface area contributed by atoms with Crippen molar-refractivity contribution in [3.63, 3.8) is 0 Å². The highest BCUT2D eigenvalue weighted by Crippen LogP contribution is 2.37. The average molecular weight is 268 g/mol. The van der Waals surface area contributed by atoms with Crippen LogP contribution in [0.4, 0.5) is 5.69 Å². The molecule has 18 heavy (non-hydrogen) atoms. The summed E-state index contributed by atoms with van der Waals surface area (Å²) in [5.41, 5.74) is 1.55. The van der Waals surface area contributed by atoms with Gasteiger partial charge in [0.25, 0.3) is 0 Å². The molecule has 100 valence electrons. The zero-order chi connectivity index (χ0) is 13.2. The third kappa shape index (κ3) is 3.32. The molecule has 0 radical (unpaired) electrons. The molecular formula is C15H22ClNO. The Hall–Kier alpha value is -0.890. The summed E-state index contributed by atoms with van der Waals surface area (Å²) < 4.78 is 5.24. The van der Waals surface area contributed by atoms with E-state index in [1.54, 1.807) is 7.11 Å². The van der Waals surface area contributed by atoms with Crippen LogP contribution in [0.2, 0.25) is 5.02 Å². The molecule has 0 heterocycles. The van der Waals surface area contributed by atoms with Crippen LogP contribution in [-0.2, 0) is 0 Å². The summed E-state index contributed by atoms with van der Waals surface area (Å²) in [4.78, 5) is 0. The lowest BCUT2D eigenvalue weighted by Crippen LogP contribution is -2.31. The minimum atomic E-state index is 0.451. The summed E-state index contributed by atoms with van der Waals surface area (Å²) in [7, 11) is 1.65. The number of hydrogen-bond acceptors (Lipinski definition) is 2. The average Bonchev–Trinajstić information content (AvgIpc) is 2.30. The summed E-state index contributed by atoms with van der Waals surface area (Å²) in [6.45, 7) is 4.70. The molecule has 1 aromatic rings. The molecule has 1 unspecified atom stereocenters. The van der Waals surface area contributed by atoms with Crippen molar-refractivity contribution in [2.45, 2.75) is 45.6 Å². The highest BCUT2D eigenvalue weighted by Gasteiger charge is 2.27. The van der Waals surface area contributed by atoms with Gasteiger partial charge in [0.1, 0.15) is 5.75 Å². The van der Waals surface area contributed by atoms with Gasteiger partial charge in [0, 0.05) is 17.8 Å². The molecule has 0 aliphatic heterocycles. The smallest absolute Gasteiger partial charge is 0.139 e. The molecule has 1 atom stereocenters. The molecule has 0 amide bonds. The van der Waals surface area contributed by atoms with E-state index in [-0.39, 0.29) is 0 Å². The number of ether oxygens (including phenoxy) is 1. The lowest BCUT2D eigenvalue weighted by atomic mass is 9.75. The molecule has 3 heteroatoms. The maximum absolute atomic E-state index is 6.03. The number of anilines is 1. The number of halogens is 1. The van der Waals surface area contributed by atoms with E-state index >= 15 is 0 Å². The van der Waals surface area contributed by atoms with E-state index in [0.717, 1.165) is 11.4 Å². The molecule has 0 aromatic heterocycles. The Morgan fingerprint density at radius 2 is 2.17 bits per heavy atom. The fourth-order valence-corrected chi connectivity index (χ4v) is 3.00. The van der Waals surface area contributed by atoms with E-state index in [4.69, 9.17) is 16.3 Å². The van der Waals surface area contributed by atoms with Gasteiger partial charge in [0.05, 0.1) is 12.1 Å². The van der Waals surface area contributed by atoms with Crippen LogP contribution in [0, 0.1) is 5.41 Å². The topological polar surface area (TPSA) is 21.3 Å². The van der Waals surface area contributed by atoms with E-state index in [9.17, 15) is 0 Å². The van der Waals surface area contributed by atoms with Gasteiger partial charge in [-0.1, -0.05) is 31.9 Å². The van der Waals surface area contributed by atoms with Crippen molar-refractivity contribution in [2.75, 3.05) is 12.4 Å². The van der Waals surface area contributed by atoms with Gasteiger partial charge in [-0.15, -0.1) is 0 Å². The lowest BCUT2D eigenvalue weighted by molar-refractivity contribution is 0.229. The Labute approximate surface area is 115 Å². The molecule has 2 rings (SSSR count). The first-order valence-electron chi connectivity index (χ1n) is 6.60. The predicted molar refractivity (Wildman–Crippen MR) is 77.7 cm³/mol. The van der Waals surface area contributed by atoms with Gasteiger partial charge in [-0.3, -0.25) is 0 Å². The molecule has 1 saturated carbocycles. The minimum Gasteiger partial charge on any atom is -0.495 e. The number of benzene rings is 1. The second-order valence-corrected chi connectivity index (χ2v) is 6.36. The van der Waals surface area contributed by atoms with Crippen molar-refractivity contribution in [1.82, 2.24) is 0 Å². The normalized spacial score (nSPS) is 22.6. The molecule has 1 N–H and O–H groups in total. The van der Waals surface area contributed by atoms with Crippen molar-refractivity contribution in [1.29, 1.82) is 0 Å². The monoisotopic (exact) mass is 267 g/mol. The van der Waals surface area contributed by atoms with Crippen molar-refractivity contribution in [2.24, 2.45) is 5.41 Å². The molecule has 0 saturated heterocycles. The number of methoxy groups -OCH3 is 1. The Morgan fingerprint density at radius 1 is 1.39 bits per heavy atom. The van der Waals surface area contributed by atoms with Crippen LogP contribution in [0.1, 0.15) is 39.5 Å². The zero-order valence-corrected chi connectivity index (χ0v) is 12.2. The molecule has 2 nitrogen and oxygen atoms in total. The van der Waals surface area contributed by atoms with Crippen LogP contribution in [0.25, 0.3) is 0 Å². The van der Waals surface area contributed by atoms with Crippen molar-refractivity contribution < 1.29 is 4.74 Å². The van der Waals surface area contributed by atoms with Crippen LogP contribution in [0.15, 0.2) is 18.2 Å². The summed E-state index contributed by atoms with van der Waals surface area (Å²) in [6, 6.07) is 6.44. The first kappa shape index (κ1) is 13.5. The van der Waals surface area contributed by atoms with E-state index in [0.29, 0.717) is 16.5 Å². The molecule has 1 aromatic carbocycles. The third-order valence-corrected chi connectivity index (χ3v) is 4.04. The number of rotatable bonds is 3. The highest BCUT2D eigenvalue weighted by molar-refractivity contribution is 6.32. The standard InChI is InChI=1S/C15H22ClNO/c1-15(2)8-4-5-12(10-15)17-11-6-7-13(16)14(9-11)18-3/h6-7,9,12,17H,4-5,8,10H2,1-3H3. The second-order valence-electron chi connectivity index (χ2n) is 5.95. The zero-order valence-electron chi connectivity index (χ0n) is 11.4. The predicted octanol–water partition coefficient (Wildman–Crippen LogP) is 4.73. The summed E-state index contributed by atoms with van der Waals surface area (Å²) in [5.74, 6) is 0.733. The van der Waals surface area contributed by atoms with Crippen molar-refractivity contribution in [3.8, 4) is 5.75 Å². The van der Waals surface area contributed by atoms with Crippen LogP contribution in [0.5, 0.6) is 5.75 Å². The molecule has 1 aliphatic carbocycles. The van der Waals surface area contributed by atoms with Crippen molar-refractivity contribution >= 4 is 17.3 Å². The SMILES string of the molecule is COc1cc(NC2CCCC(C)(C)C2)ccc1Cl. The van der Waals surface area contributed by atoms with Crippen LogP contribution in [-0.4, -0.2) is 13.2 Å². The van der Waals surface area contributed by atoms with Gasteiger partial charge in [-0.25, -0.2) is 0 Å². The van der Waals surface area contributed by atoms with Gasteiger partial charge in [-0.2, -0.15) is 0 Å². The maximum atomic E-state index is 6.03. The summed E-state index contributed by atoms with van der Waals surface area (Å²) in [6.07, 6.45) is 5.09. The van der Waals surface area contributed by atoms with Crippen LogP contribution in [0.3, 0.4) is 0 Å². The lowest BCUT2D eigenvalue weighted by Gasteiger charge is -2.36. The number of hydrogen-bond donors (Lipinski definition) is 1. The van der Waals surface area contributed by atoms with Gasteiger partial charge >= 0.3 is 0 Å². The Morgan fingerprint density at radius 3 is 2.83 bits per heavy atom. The van der Waals surface area contributed by atoms with Gasteiger partial charge < -0.3 is 10.1 Å². The quantitative estimate of drug-likeness (QED) is 0.855. The Bertz CT molecular complexity index is 417. The van der Waals surface area contributed by atoms with E-state index < -0.39 is 0 Å². The Balaban J connectivity index is 2.05. The third-order valence-electron chi connectivity index (χ3n) is 3.73. The largest absolute Gasteiger partial charge is 0.495 e. The van der Waals surface area contributed by atoms with E-state index in [1.807, 2.05) is 18.2 Å². The van der Waals surface area contributed by atoms with Gasteiger partial charge in [0.2, 0.25) is 0 Å². The molecule has 0 bridgehead atoms. The minimum absolute atomic E-state index is 0.451. The summed E-state index contributed by atoms with van der Waals surface area (Å²) in [5, 5.41) is 4.26. The van der Waals surface area contributed by atoms with Gasteiger partial charge in [0.15, 0.2) is 0 Å². The molecule has 1 fully saturated rings. The second kappa shape index (κ2) is 5.40. The molecule has 1 aliphatic rings. The van der Waals surface area contributed by atoms with Crippen LogP contribution >= 0.6 is 11.6 Å². The van der Waals surface area contributed by atoms with E-state index in [2.05, 4.69) is 19.2 Å². The molecule has 0 spiro atoms. The Kier molecular flexibility index (Phi) is 4.06. The van der Waals surface area contributed by atoms with Gasteiger partial charge in [-0.05, 0) is 36.8 Å². The summed E-state index contributed by atoms with van der Waals surface area (Å²) >= 11 is 6.03. The fourth-order valence-electron chi connectivity index (χ4n) is 2.81. The van der Waals surface area contributed by atoms with Crippen molar-refractivity contribution in [3.05, 3.63) is 23.2 Å².